The van der Waals surface area contributed by atoms with Crippen molar-refractivity contribution in [3.63, 3.8) is 0 Å². The molecule has 1 aromatic rings. The maximum Gasteiger partial charge on any atom is 0.123 e. The molecule has 2 heteroatoms. The van der Waals surface area contributed by atoms with Crippen LogP contribution in [0.15, 0.2) is 36.4 Å². The van der Waals surface area contributed by atoms with Crippen LogP contribution in [0.4, 0.5) is 4.39 Å². The van der Waals surface area contributed by atoms with Gasteiger partial charge in [-0.25, -0.2) is 4.39 Å². The Morgan fingerprint density at radius 3 is 2.50 bits per heavy atom. The van der Waals surface area contributed by atoms with Crippen LogP contribution in [0.3, 0.4) is 0 Å². The summed E-state index contributed by atoms with van der Waals surface area (Å²) in [6.45, 7) is 0. The highest BCUT2D eigenvalue weighted by Crippen LogP contribution is 2.32. The summed E-state index contributed by atoms with van der Waals surface area (Å²) in [5, 5.41) is 10.2. The molecule has 1 aliphatic rings. The summed E-state index contributed by atoms with van der Waals surface area (Å²) < 4.78 is 12.7. The van der Waals surface area contributed by atoms with E-state index in [2.05, 4.69) is 0 Å². The lowest BCUT2D eigenvalue weighted by Crippen LogP contribution is -2.24. The van der Waals surface area contributed by atoms with E-state index in [4.69, 9.17) is 0 Å². The largest absolute Gasteiger partial charge is 0.381 e. The molecule has 0 saturated heterocycles. The van der Waals surface area contributed by atoms with E-state index in [0.29, 0.717) is 0 Å². The molecule has 0 fully saturated rings. The van der Waals surface area contributed by atoms with Crippen LogP contribution < -0.4 is 0 Å². The summed E-state index contributed by atoms with van der Waals surface area (Å²) in [4.78, 5) is 0. The molecule has 0 bridgehead atoms. The predicted molar refractivity (Wildman–Crippen MR) is 53.3 cm³/mol. The van der Waals surface area contributed by atoms with Gasteiger partial charge < -0.3 is 5.11 Å². The Hall–Kier alpha value is -1.15. The van der Waals surface area contributed by atoms with Crippen molar-refractivity contribution in [3.05, 3.63) is 47.8 Å². The molecule has 0 radical (unpaired) electrons. The van der Waals surface area contributed by atoms with E-state index in [0.717, 1.165) is 24.8 Å². The average molecular weight is 192 g/mol. The van der Waals surface area contributed by atoms with Gasteiger partial charge in [-0.1, -0.05) is 24.3 Å². The quantitative estimate of drug-likeness (QED) is 0.678. The van der Waals surface area contributed by atoms with Crippen molar-refractivity contribution in [3.8, 4) is 0 Å². The van der Waals surface area contributed by atoms with E-state index in [1.54, 1.807) is 12.1 Å². The molecule has 1 aliphatic carbocycles. The number of benzene rings is 1. The first-order valence-electron chi connectivity index (χ1n) is 4.87. The van der Waals surface area contributed by atoms with Crippen LogP contribution in [0, 0.1) is 5.82 Å². The van der Waals surface area contributed by atoms with Crippen LogP contribution in [0.25, 0.3) is 0 Å². The van der Waals surface area contributed by atoms with E-state index in [9.17, 15) is 9.50 Å². The summed E-state index contributed by atoms with van der Waals surface area (Å²) in [7, 11) is 0. The highest BCUT2D eigenvalue weighted by atomic mass is 19.1. The molecule has 1 N–H and O–H groups in total. The molecule has 2 rings (SSSR count). The molecule has 74 valence electrons. The summed E-state index contributed by atoms with van der Waals surface area (Å²) in [6, 6.07) is 6.06. The maximum atomic E-state index is 12.7. The lowest BCUT2D eigenvalue weighted by atomic mass is 9.85. The fourth-order valence-corrected chi connectivity index (χ4v) is 1.83. The molecule has 0 spiro atoms. The second kappa shape index (κ2) is 3.54. The zero-order chi connectivity index (χ0) is 10.0. The van der Waals surface area contributed by atoms with Crippen molar-refractivity contribution in [2.75, 3.05) is 0 Å². The van der Waals surface area contributed by atoms with Crippen LogP contribution in [0.1, 0.15) is 24.8 Å². The van der Waals surface area contributed by atoms with Gasteiger partial charge in [0, 0.05) is 0 Å². The summed E-state index contributed by atoms with van der Waals surface area (Å²) >= 11 is 0. The van der Waals surface area contributed by atoms with E-state index in [-0.39, 0.29) is 5.82 Å². The van der Waals surface area contributed by atoms with Gasteiger partial charge in [0.1, 0.15) is 11.4 Å². The van der Waals surface area contributed by atoms with Crippen LogP contribution >= 0.6 is 0 Å². The average Bonchev–Trinajstić information content (AvgIpc) is 2.19. The van der Waals surface area contributed by atoms with Crippen molar-refractivity contribution in [2.24, 2.45) is 0 Å². The molecule has 1 atom stereocenters. The third-order valence-electron chi connectivity index (χ3n) is 2.67. The molecule has 1 unspecified atom stereocenters. The SMILES string of the molecule is OC1(c2ccc(F)cc2)C=CCCC1. The van der Waals surface area contributed by atoms with Gasteiger partial charge >= 0.3 is 0 Å². The normalized spacial score (nSPS) is 26.4. The van der Waals surface area contributed by atoms with E-state index in [1.807, 2.05) is 12.2 Å². The molecule has 1 nitrogen and oxygen atoms in total. The number of halogens is 1. The first-order chi connectivity index (χ1) is 6.71. The summed E-state index contributed by atoms with van der Waals surface area (Å²) in [5.74, 6) is -0.267. The molecular weight excluding hydrogens is 179 g/mol. The molecule has 0 aromatic heterocycles. The Bertz CT molecular complexity index is 342. The number of aliphatic hydroxyl groups is 1. The molecule has 0 saturated carbocycles. The van der Waals surface area contributed by atoms with E-state index in [1.165, 1.54) is 12.1 Å². The van der Waals surface area contributed by atoms with Crippen molar-refractivity contribution >= 4 is 0 Å². The fraction of sp³-hybridized carbons (Fsp3) is 0.333. The highest BCUT2D eigenvalue weighted by molar-refractivity contribution is 5.28. The zero-order valence-corrected chi connectivity index (χ0v) is 7.91. The van der Waals surface area contributed by atoms with Crippen molar-refractivity contribution in [2.45, 2.75) is 24.9 Å². The van der Waals surface area contributed by atoms with Crippen molar-refractivity contribution in [1.29, 1.82) is 0 Å². The predicted octanol–water partition coefficient (Wildman–Crippen LogP) is 2.75. The molecule has 14 heavy (non-hydrogen) atoms. The fourth-order valence-electron chi connectivity index (χ4n) is 1.83. The first-order valence-corrected chi connectivity index (χ1v) is 4.87. The third-order valence-corrected chi connectivity index (χ3v) is 2.67. The smallest absolute Gasteiger partial charge is 0.123 e. The monoisotopic (exact) mass is 192 g/mol. The van der Waals surface area contributed by atoms with Gasteiger partial charge in [0.2, 0.25) is 0 Å². The van der Waals surface area contributed by atoms with Crippen LogP contribution in [0.2, 0.25) is 0 Å². The third kappa shape index (κ3) is 1.70. The molecule has 0 amide bonds. The Kier molecular flexibility index (Phi) is 2.38. The number of allylic oxidation sites excluding steroid dienone is 1. The Balaban J connectivity index is 2.33. The van der Waals surface area contributed by atoms with Crippen molar-refractivity contribution < 1.29 is 9.50 Å². The standard InChI is InChI=1S/C12H13FO/c13-11-6-4-10(5-7-11)12(14)8-2-1-3-9-12/h2,4-8,14H,1,3,9H2. The molecule has 0 heterocycles. The number of hydrogen-bond acceptors (Lipinski definition) is 1. The first kappa shape index (κ1) is 9.41. The minimum Gasteiger partial charge on any atom is -0.381 e. The Morgan fingerprint density at radius 1 is 1.21 bits per heavy atom. The van der Waals surface area contributed by atoms with Crippen LogP contribution in [-0.4, -0.2) is 5.11 Å². The Morgan fingerprint density at radius 2 is 1.93 bits per heavy atom. The zero-order valence-electron chi connectivity index (χ0n) is 7.91. The molecular formula is C12H13FO. The second-order valence-corrected chi connectivity index (χ2v) is 3.73. The van der Waals surface area contributed by atoms with Gasteiger partial charge in [-0.05, 0) is 37.0 Å². The second-order valence-electron chi connectivity index (χ2n) is 3.73. The van der Waals surface area contributed by atoms with Crippen LogP contribution in [0.5, 0.6) is 0 Å². The minimum absolute atomic E-state index is 0.267. The van der Waals surface area contributed by atoms with Gasteiger partial charge in [0.15, 0.2) is 0 Å². The lowest BCUT2D eigenvalue weighted by molar-refractivity contribution is 0.0725. The van der Waals surface area contributed by atoms with E-state index >= 15 is 0 Å². The topological polar surface area (TPSA) is 20.2 Å². The molecule has 0 aliphatic heterocycles. The van der Waals surface area contributed by atoms with Gasteiger partial charge in [0.05, 0.1) is 0 Å². The van der Waals surface area contributed by atoms with Gasteiger partial charge in [-0.3, -0.25) is 0 Å². The van der Waals surface area contributed by atoms with Gasteiger partial charge in [-0.2, -0.15) is 0 Å². The minimum atomic E-state index is -0.883. The number of hydrogen-bond donors (Lipinski definition) is 1. The summed E-state index contributed by atoms with van der Waals surface area (Å²) in [6.07, 6.45) is 6.50. The highest BCUT2D eigenvalue weighted by Gasteiger charge is 2.27. The molecule has 1 aromatic carbocycles. The summed E-state index contributed by atoms with van der Waals surface area (Å²) in [5.41, 5.74) is -0.110. The van der Waals surface area contributed by atoms with Gasteiger partial charge in [0.25, 0.3) is 0 Å². The maximum absolute atomic E-state index is 12.7. The Labute approximate surface area is 82.9 Å². The van der Waals surface area contributed by atoms with Crippen molar-refractivity contribution in [1.82, 2.24) is 0 Å². The lowest BCUT2D eigenvalue weighted by Gasteiger charge is -2.27. The van der Waals surface area contributed by atoms with Gasteiger partial charge in [-0.15, -0.1) is 0 Å². The van der Waals surface area contributed by atoms with E-state index < -0.39 is 5.60 Å². The van der Waals surface area contributed by atoms with Crippen LogP contribution in [-0.2, 0) is 5.60 Å². The number of rotatable bonds is 1.